The summed E-state index contributed by atoms with van der Waals surface area (Å²) in [6.07, 6.45) is 6.10. The van der Waals surface area contributed by atoms with Crippen molar-refractivity contribution in [1.29, 1.82) is 0 Å². The maximum Gasteiger partial charge on any atom is 0.313 e. The third-order valence-corrected chi connectivity index (χ3v) is 7.78. The first-order chi connectivity index (χ1) is 12.0. The van der Waals surface area contributed by atoms with Crippen molar-refractivity contribution in [2.45, 2.75) is 91.8 Å². The first-order valence-electron chi connectivity index (χ1n) is 10.4. The Hall–Kier alpha value is -1.06. The van der Waals surface area contributed by atoms with Gasteiger partial charge in [-0.2, -0.15) is 0 Å². The van der Waals surface area contributed by atoms with Crippen LogP contribution >= 0.6 is 0 Å². The van der Waals surface area contributed by atoms with Crippen LogP contribution in [0.25, 0.3) is 0 Å². The molecule has 3 saturated carbocycles. The van der Waals surface area contributed by atoms with Crippen LogP contribution in [-0.4, -0.2) is 24.1 Å². The molecule has 0 aromatic carbocycles. The van der Waals surface area contributed by atoms with Gasteiger partial charge in [-0.15, -0.1) is 0 Å². The molecule has 26 heavy (non-hydrogen) atoms. The van der Waals surface area contributed by atoms with Crippen LogP contribution in [0.2, 0.25) is 0 Å². The second-order valence-corrected chi connectivity index (χ2v) is 11.3. The molecule has 0 radical (unpaired) electrons. The molecule has 4 heteroatoms. The molecule has 0 aromatic rings. The maximum absolute atomic E-state index is 13.5. The maximum atomic E-state index is 13.5. The fraction of sp³-hybridized carbons (Fsp3) is 0.909. The lowest BCUT2D eigenvalue weighted by atomic mass is 9.47. The standard InChI is InChI=1S/C22H34O4/c1-20(2,3)12-22(7-6-21(22,4)5)19(24)26-17-14-8-13-9-15(11-14)18(23)25-16(17)10-13/h13-17H,6-12H2,1-5H3. The number of fused-ring (bicyclic) bond motifs is 1. The van der Waals surface area contributed by atoms with Crippen molar-refractivity contribution in [1.82, 2.24) is 0 Å². The summed E-state index contributed by atoms with van der Waals surface area (Å²) in [5.74, 6) is 0.777. The predicted molar refractivity (Wildman–Crippen MR) is 98.2 cm³/mol. The Morgan fingerprint density at radius 1 is 1.15 bits per heavy atom. The normalized spacial score (nSPS) is 43.4. The van der Waals surface area contributed by atoms with Gasteiger partial charge in [0.1, 0.15) is 12.2 Å². The molecule has 0 spiro atoms. The summed E-state index contributed by atoms with van der Waals surface area (Å²) in [5, 5.41) is 0. The highest BCUT2D eigenvalue weighted by Crippen LogP contribution is 2.62. The molecule has 2 heterocycles. The lowest BCUT2D eigenvalue weighted by Gasteiger charge is -2.57. The zero-order valence-corrected chi connectivity index (χ0v) is 17.0. The third-order valence-electron chi connectivity index (χ3n) is 7.78. The second kappa shape index (κ2) is 5.72. The van der Waals surface area contributed by atoms with Gasteiger partial charge in [0, 0.05) is 5.92 Å². The zero-order valence-electron chi connectivity index (χ0n) is 17.0. The van der Waals surface area contributed by atoms with E-state index in [-0.39, 0.29) is 40.9 Å². The number of rotatable bonds is 3. The van der Waals surface area contributed by atoms with Crippen LogP contribution in [-0.2, 0) is 19.1 Å². The van der Waals surface area contributed by atoms with E-state index in [1.165, 1.54) is 0 Å². The molecule has 2 saturated heterocycles. The quantitative estimate of drug-likeness (QED) is 0.694. The highest BCUT2D eigenvalue weighted by molar-refractivity contribution is 5.80. The Bertz CT molecular complexity index is 616. The van der Waals surface area contributed by atoms with Crippen molar-refractivity contribution >= 4 is 11.9 Å². The molecule has 0 aromatic heterocycles. The molecule has 3 aliphatic carbocycles. The van der Waals surface area contributed by atoms with Gasteiger partial charge in [-0.3, -0.25) is 9.59 Å². The minimum Gasteiger partial charge on any atom is -0.458 e. The summed E-state index contributed by atoms with van der Waals surface area (Å²) in [5.41, 5.74) is -0.362. The Kier molecular flexibility index (Phi) is 4.03. The van der Waals surface area contributed by atoms with E-state index >= 15 is 0 Å². The van der Waals surface area contributed by atoms with Crippen LogP contribution in [0, 0.1) is 34.0 Å². The van der Waals surface area contributed by atoms with E-state index in [4.69, 9.17) is 9.47 Å². The van der Waals surface area contributed by atoms with E-state index in [1.54, 1.807) is 0 Å². The Labute approximate surface area is 157 Å². The van der Waals surface area contributed by atoms with Gasteiger partial charge in [0.25, 0.3) is 0 Å². The summed E-state index contributed by atoms with van der Waals surface area (Å²) in [7, 11) is 0. The molecule has 0 amide bonds. The van der Waals surface area contributed by atoms with E-state index in [1.807, 2.05) is 0 Å². The first-order valence-corrected chi connectivity index (χ1v) is 10.4. The van der Waals surface area contributed by atoms with Gasteiger partial charge >= 0.3 is 11.9 Å². The molecule has 5 fully saturated rings. The monoisotopic (exact) mass is 362 g/mol. The van der Waals surface area contributed by atoms with E-state index in [0.717, 1.165) is 44.9 Å². The van der Waals surface area contributed by atoms with Crippen molar-refractivity contribution in [3.63, 3.8) is 0 Å². The van der Waals surface area contributed by atoms with Crippen LogP contribution in [0.3, 0.4) is 0 Å². The molecule has 6 atom stereocenters. The highest BCUT2D eigenvalue weighted by atomic mass is 16.6. The zero-order chi connectivity index (χ0) is 18.9. The average Bonchev–Trinajstić information content (AvgIpc) is 2.68. The number of carbonyl (C=O) groups is 2. The van der Waals surface area contributed by atoms with Crippen LogP contribution < -0.4 is 0 Å². The Morgan fingerprint density at radius 2 is 1.88 bits per heavy atom. The van der Waals surface area contributed by atoms with E-state index in [0.29, 0.717) is 11.8 Å². The fourth-order valence-electron chi connectivity index (χ4n) is 6.28. The molecular weight excluding hydrogens is 328 g/mol. The summed E-state index contributed by atoms with van der Waals surface area (Å²) < 4.78 is 12.0. The van der Waals surface area contributed by atoms with Gasteiger partial charge < -0.3 is 9.47 Å². The minimum atomic E-state index is -0.404. The van der Waals surface area contributed by atoms with Crippen LogP contribution in [0.5, 0.6) is 0 Å². The van der Waals surface area contributed by atoms with Gasteiger partial charge in [0.05, 0.1) is 11.3 Å². The molecule has 4 nitrogen and oxygen atoms in total. The van der Waals surface area contributed by atoms with Crippen molar-refractivity contribution in [2.75, 3.05) is 0 Å². The first kappa shape index (κ1) is 18.3. The van der Waals surface area contributed by atoms with Crippen molar-refractivity contribution in [3.8, 4) is 0 Å². The van der Waals surface area contributed by atoms with E-state index in [9.17, 15) is 9.59 Å². The smallest absolute Gasteiger partial charge is 0.313 e. The third kappa shape index (κ3) is 2.79. The number of ether oxygens (including phenoxy) is 2. The van der Waals surface area contributed by atoms with Crippen molar-refractivity contribution in [3.05, 3.63) is 0 Å². The number of carbonyl (C=O) groups excluding carboxylic acids is 2. The molecule has 2 aliphatic heterocycles. The summed E-state index contributed by atoms with van der Waals surface area (Å²) in [6, 6.07) is 0. The summed E-state index contributed by atoms with van der Waals surface area (Å²) in [6.45, 7) is 11.0. The van der Waals surface area contributed by atoms with E-state index in [2.05, 4.69) is 34.6 Å². The van der Waals surface area contributed by atoms with Crippen molar-refractivity contribution in [2.24, 2.45) is 34.0 Å². The minimum absolute atomic E-state index is 0.0242. The Morgan fingerprint density at radius 3 is 2.46 bits per heavy atom. The van der Waals surface area contributed by atoms with Gasteiger partial charge in [-0.25, -0.2) is 0 Å². The largest absolute Gasteiger partial charge is 0.458 e. The lowest BCUT2D eigenvalue weighted by Crippen LogP contribution is -2.57. The molecule has 0 N–H and O–H groups in total. The molecule has 4 bridgehead atoms. The highest BCUT2D eigenvalue weighted by Gasteiger charge is 2.61. The Balaban J connectivity index is 1.56. The molecule has 5 aliphatic rings. The SMILES string of the molecule is CC(C)(C)CC1(C(=O)OC2C3CC4CC(C3)C(=O)OC2C4)CCC1(C)C. The van der Waals surface area contributed by atoms with E-state index < -0.39 is 5.41 Å². The molecule has 5 rings (SSSR count). The van der Waals surface area contributed by atoms with Crippen molar-refractivity contribution < 1.29 is 19.1 Å². The summed E-state index contributed by atoms with van der Waals surface area (Å²) >= 11 is 0. The second-order valence-electron chi connectivity index (χ2n) is 11.3. The van der Waals surface area contributed by atoms with Gasteiger partial charge in [-0.05, 0) is 61.7 Å². The van der Waals surface area contributed by atoms with Crippen LogP contribution in [0.4, 0.5) is 0 Å². The number of hydrogen-bond acceptors (Lipinski definition) is 4. The topological polar surface area (TPSA) is 52.6 Å². The predicted octanol–water partition coefficient (Wildman–Crippen LogP) is 4.50. The number of hydrogen-bond donors (Lipinski definition) is 0. The molecular formula is C22H34O4. The summed E-state index contributed by atoms with van der Waals surface area (Å²) in [4.78, 5) is 25.7. The lowest BCUT2D eigenvalue weighted by molar-refractivity contribution is -0.203. The van der Waals surface area contributed by atoms with Gasteiger partial charge in [0.15, 0.2) is 0 Å². The van der Waals surface area contributed by atoms with Gasteiger partial charge in [-0.1, -0.05) is 34.6 Å². The van der Waals surface area contributed by atoms with Crippen LogP contribution in [0.15, 0.2) is 0 Å². The number of esters is 2. The fourth-order valence-corrected chi connectivity index (χ4v) is 6.28. The molecule has 6 unspecified atom stereocenters. The molecule has 146 valence electrons. The van der Waals surface area contributed by atoms with Gasteiger partial charge in [0.2, 0.25) is 0 Å². The average molecular weight is 363 g/mol. The van der Waals surface area contributed by atoms with Crippen LogP contribution in [0.1, 0.15) is 79.6 Å².